The first kappa shape index (κ1) is 18.1. The van der Waals surface area contributed by atoms with Crippen molar-refractivity contribution in [2.45, 2.75) is 31.7 Å². The van der Waals surface area contributed by atoms with Crippen molar-refractivity contribution in [1.29, 1.82) is 0 Å². The van der Waals surface area contributed by atoms with Gasteiger partial charge in [-0.1, -0.05) is 11.6 Å². The van der Waals surface area contributed by atoms with Crippen molar-refractivity contribution < 1.29 is 19.1 Å². The lowest BCUT2D eigenvalue weighted by Crippen LogP contribution is -2.50. The number of amides is 1. The second-order valence-corrected chi connectivity index (χ2v) is 7.23. The van der Waals surface area contributed by atoms with Gasteiger partial charge >= 0.3 is 5.97 Å². The zero-order chi connectivity index (χ0) is 18.0. The standard InChI is InChI=1S/C18H22ClFN2O3/c19-15-4-3-12(10-16(15)20)17(23)21-8-5-14(6-9-21)22-7-1-2-13(11-22)18(24)25/h3-4,10,13-14H,1-2,5-9,11H2,(H,24,25)/t13-/m1/s1. The van der Waals surface area contributed by atoms with Crippen molar-refractivity contribution >= 4 is 23.5 Å². The monoisotopic (exact) mass is 368 g/mol. The zero-order valence-corrected chi connectivity index (χ0v) is 14.7. The van der Waals surface area contributed by atoms with E-state index < -0.39 is 11.8 Å². The van der Waals surface area contributed by atoms with Crippen LogP contribution < -0.4 is 0 Å². The Labute approximate surface area is 151 Å². The molecule has 25 heavy (non-hydrogen) atoms. The fourth-order valence-corrected chi connectivity index (χ4v) is 3.90. The van der Waals surface area contributed by atoms with Gasteiger partial charge in [0.25, 0.3) is 5.91 Å². The molecule has 5 nitrogen and oxygen atoms in total. The topological polar surface area (TPSA) is 60.9 Å². The molecule has 136 valence electrons. The van der Waals surface area contributed by atoms with E-state index in [4.69, 9.17) is 11.6 Å². The highest BCUT2D eigenvalue weighted by atomic mass is 35.5. The van der Waals surface area contributed by atoms with Gasteiger partial charge in [-0.05, 0) is 50.4 Å². The average molecular weight is 369 g/mol. The Morgan fingerprint density at radius 3 is 2.52 bits per heavy atom. The number of hydrogen-bond donors (Lipinski definition) is 1. The molecule has 2 heterocycles. The number of benzene rings is 1. The lowest BCUT2D eigenvalue weighted by atomic mass is 9.94. The molecule has 2 aliphatic rings. The van der Waals surface area contributed by atoms with Crippen LogP contribution in [0.1, 0.15) is 36.0 Å². The number of rotatable bonds is 3. The fraction of sp³-hybridized carbons (Fsp3) is 0.556. The summed E-state index contributed by atoms with van der Waals surface area (Å²) >= 11 is 5.66. The molecule has 0 aliphatic carbocycles. The van der Waals surface area contributed by atoms with Gasteiger partial charge < -0.3 is 10.0 Å². The lowest BCUT2D eigenvalue weighted by molar-refractivity contribution is -0.144. The molecule has 3 rings (SSSR count). The van der Waals surface area contributed by atoms with E-state index in [9.17, 15) is 19.1 Å². The molecule has 0 spiro atoms. The molecule has 1 aromatic rings. The molecule has 7 heteroatoms. The third-order valence-electron chi connectivity index (χ3n) is 5.24. The van der Waals surface area contributed by atoms with Crippen LogP contribution >= 0.6 is 11.6 Å². The van der Waals surface area contributed by atoms with Crippen molar-refractivity contribution in [2.24, 2.45) is 5.92 Å². The third kappa shape index (κ3) is 4.12. The minimum Gasteiger partial charge on any atom is -0.481 e. The van der Waals surface area contributed by atoms with Crippen molar-refractivity contribution in [3.05, 3.63) is 34.6 Å². The number of hydrogen-bond acceptors (Lipinski definition) is 3. The molecule has 2 fully saturated rings. The molecule has 0 radical (unpaired) electrons. The van der Waals surface area contributed by atoms with Gasteiger partial charge in [0.05, 0.1) is 10.9 Å². The molecular formula is C18H22ClFN2O3. The van der Waals surface area contributed by atoms with Crippen LogP contribution in [-0.4, -0.2) is 59.0 Å². The molecule has 0 unspecified atom stereocenters. The van der Waals surface area contributed by atoms with Crippen LogP contribution in [0, 0.1) is 11.7 Å². The first-order valence-corrected chi connectivity index (χ1v) is 9.04. The number of likely N-dealkylation sites (tertiary alicyclic amines) is 2. The van der Waals surface area contributed by atoms with E-state index in [1.165, 1.54) is 12.1 Å². The molecule has 1 atom stereocenters. The Morgan fingerprint density at radius 1 is 1.16 bits per heavy atom. The molecular weight excluding hydrogens is 347 g/mol. The van der Waals surface area contributed by atoms with Gasteiger partial charge in [0.15, 0.2) is 0 Å². The summed E-state index contributed by atoms with van der Waals surface area (Å²) in [6.45, 7) is 2.71. The Hall–Kier alpha value is -1.66. The highest BCUT2D eigenvalue weighted by molar-refractivity contribution is 6.30. The van der Waals surface area contributed by atoms with Crippen molar-refractivity contribution in [2.75, 3.05) is 26.2 Å². The molecule has 0 bridgehead atoms. The number of halogens is 2. The summed E-state index contributed by atoms with van der Waals surface area (Å²) in [5, 5.41) is 9.23. The molecule has 0 saturated carbocycles. The molecule has 1 aromatic carbocycles. The van der Waals surface area contributed by atoms with Crippen molar-refractivity contribution in [1.82, 2.24) is 9.80 Å². The largest absolute Gasteiger partial charge is 0.481 e. The maximum atomic E-state index is 13.6. The molecule has 0 aromatic heterocycles. The predicted molar refractivity (Wildman–Crippen MR) is 92.3 cm³/mol. The second kappa shape index (κ2) is 7.70. The first-order valence-electron chi connectivity index (χ1n) is 8.67. The van der Waals surface area contributed by atoms with E-state index in [-0.39, 0.29) is 16.8 Å². The fourth-order valence-electron chi connectivity index (χ4n) is 3.79. The van der Waals surface area contributed by atoms with E-state index in [1.807, 2.05) is 0 Å². The number of aliphatic carboxylic acids is 1. The third-order valence-corrected chi connectivity index (χ3v) is 5.54. The maximum Gasteiger partial charge on any atom is 0.307 e. The number of carboxylic acids is 1. The Balaban J connectivity index is 1.57. The number of carbonyl (C=O) groups excluding carboxylic acids is 1. The number of carboxylic acid groups (broad SMARTS) is 1. The summed E-state index contributed by atoms with van der Waals surface area (Å²) in [4.78, 5) is 27.7. The average Bonchev–Trinajstić information content (AvgIpc) is 2.63. The SMILES string of the molecule is O=C(O)[C@@H]1CCCN(C2CCN(C(=O)c3ccc(Cl)c(F)c3)CC2)C1. The van der Waals surface area contributed by atoms with Gasteiger partial charge in [0.1, 0.15) is 5.82 Å². The highest BCUT2D eigenvalue weighted by Crippen LogP contribution is 2.25. The van der Waals surface area contributed by atoms with E-state index in [0.717, 1.165) is 32.2 Å². The van der Waals surface area contributed by atoms with Crippen LogP contribution in [0.15, 0.2) is 18.2 Å². The summed E-state index contributed by atoms with van der Waals surface area (Å²) in [5.74, 6) is -1.78. The van der Waals surface area contributed by atoms with Gasteiger partial charge in [-0.3, -0.25) is 14.5 Å². The smallest absolute Gasteiger partial charge is 0.307 e. The Bertz CT molecular complexity index is 662. The Kier molecular flexibility index (Phi) is 5.59. The van der Waals surface area contributed by atoms with Crippen LogP contribution in [0.2, 0.25) is 5.02 Å². The Morgan fingerprint density at radius 2 is 1.88 bits per heavy atom. The van der Waals surface area contributed by atoms with E-state index in [1.54, 1.807) is 11.0 Å². The maximum absolute atomic E-state index is 13.6. The minimum atomic E-state index is -0.720. The molecule has 1 N–H and O–H groups in total. The van der Waals surface area contributed by atoms with Crippen LogP contribution in [0.3, 0.4) is 0 Å². The van der Waals surface area contributed by atoms with Crippen LogP contribution in [0.4, 0.5) is 4.39 Å². The van der Waals surface area contributed by atoms with Crippen LogP contribution in [-0.2, 0) is 4.79 Å². The van der Waals surface area contributed by atoms with E-state index >= 15 is 0 Å². The number of piperidine rings is 2. The summed E-state index contributed by atoms with van der Waals surface area (Å²) in [6, 6.07) is 4.44. The molecule has 2 saturated heterocycles. The quantitative estimate of drug-likeness (QED) is 0.891. The lowest BCUT2D eigenvalue weighted by Gasteiger charge is -2.41. The van der Waals surface area contributed by atoms with Gasteiger partial charge in [-0.2, -0.15) is 0 Å². The van der Waals surface area contributed by atoms with Gasteiger partial charge in [-0.25, -0.2) is 4.39 Å². The van der Waals surface area contributed by atoms with Gasteiger partial charge in [-0.15, -0.1) is 0 Å². The summed E-state index contributed by atoms with van der Waals surface area (Å²) in [6.07, 6.45) is 3.27. The highest BCUT2D eigenvalue weighted by Gasteiger charge is 2.32. The predicted octanol–water partition coefficient (Wildman–Crippen LogP) is 2.88. The minimum absolute atomic E-state index is 0.00772. The zero-order valence-electron chi connectivity index (χ0n) is 14.0. The van der Waals surface area contributed by atoms with Gasteiger partial charge in [0.2, 0.25) is 0 Å². The van der Waals surface area contributed by atoms with Crippen molar-refractivity contribution in [3.63, 3.8) is 0 Å². The van der Waals surface area contributed by atoms with E-state index in [0.29, 0.717) is 31.2 Å². The van der Waals surface area contributed by atoms with Crippen LogP contribution in [0.5, 0.6) is 0 Å². The van der Waals surface area contributed by atoms with Crippen LogP contribution in [0.25, 0.3) is 0 Å². The number of carbonyl (C=O) groups is 2. The first-order chi connectivity index (χ1) is 12.0. The number of nitrogens with zero attached hydrogens (tertiary/aromatic N) is 2. The van der Waals surface area contributed by atoms with Gasteiger partial charge in [0, 0.05) is 31.2 Å². The normalized spacial score (nSPS) is 22.8. The molecule has 1 amide bonds. The van der Waals surface area contributed by atoms with E-state index in [2.05, 4.69) is 4.90 Å². The summed E-state index contributed by atoms with van der Waals surface area (Å²) in [5.41, 5.74) is 0.310. The van der Waals surface area contributed by atoms with Crippen molar-refractivity contribution in [3.8, 4) is 0 Å². The second-order valence-electron chi connectivity index (χ2n) is 6.82. The molecule has 2 aliphatic heterocycles. The summed E-state index contributed by atoms with van der Waals surface area (Å²) in [7, 11) is 0. The summed E-state index contributed by atoms with van der Waals surface area (Å²) < 4.78 is 13.6.